The third-order valence-corrected chi connectivity index (χ3v) is 4.12. The van der Waals surface area contributed by atoms with E-state index in [4.69, 9.17) is 5.11 Å². The van der Waals surface area contributed by atoms with Crippen LogP contribution in [0.25, 0.3) is 0 Å². The second kappa shape index (κ2) is 6.51. The summed E-state index contributed by atoms with van der Waals surface area (Å²) < 4.78 is 0.752. The molecule has 110 valence electrons. The summed E-state index contributed by atoms with van der Waals surface area (Å²) in [6, 6.07) is 3.54. The van der Waals surface area contributed by atoms with Crippen molar-refractivity contribution in [3.8, 4) is 0 Å². The number of halogens is 1. The van der Waals surface area contributed by atoms with Crippen molar-refractivity contribution in [1.82, 2.24) is 14.8 Å². The van der Waals surface area contributed by atoms with Crippen LogP contribution in [0.2, 0.25) is 0 Å². The number of amides is 1. The molecule has 1 aromatic heterocycles. The van der Waals surface area contributed by atoms with Gasteiger partial charge in [0.1, 0.15) is 4.60 Å². The molecular weight excluding hydrogens is 326 g/mol. The first-order chi connectivity index (χ1) is 9.52. The molecule has 2 atom stereocenters. The minimum absolute atomic E-state index is 0.0108. The standard InChI is InChI=1S/C13H18BrN3O3/c1-9-7-16(4-5-17(9)13(19)20)11(8-18)10-2-3-12(14)15-6-10/h2-3,6,9,11,18H,4-5,7-8H2,1H3,(H,19,20)/t9-,11-/m1/s1. The summed E-state index contributed by atoms with van der Waals surface area (Å²) in [5.74, 6) is 0. The number of carboxylic acid groups (broad SMARTS) is 1. The molecule has 0 aliphatic carbocycles. The van der Waals surface area contributed by atoms with E-state index in [0.717, 1.165) is 10.2 Å². The Morgan fingerprint density at radius 1 is 1.55 bits per heavy atom. The molecule has 0 unspecified atom stereocenters. The number of hydrogen-bond donors (Lipinski definition) is 2. The van der Waals surface area contributed by atoms with E-state index in [1.165, 1.54) is 4.90 Å². The molecule has 1 amide bonds. The van der Waals surface area contributed by atoms with Gasteiger partial charge in [-0.2, -0.15) is 0 Å². The maximum Gasteiger partial charge on any atom is 0.407 e. The van der Waals surface area contributed by atoms with E-state index in [9.17, 15) is 9.90 Å². The lowest BCUT2D eigenvalue weighted by atomic mass is 10.1. The maximum atomic E-state index is 11.1. The van der Waals surface area contributed by atoms with Gasteiger partial charge >= 0.3 is 6.09 Å². The van der Waals surface area contributed by atoms with Crippen LogP contribution in [0.3, 0.4) is 0 Å². The molecule has 1 aromatic rings. The van der Waals surface area contributed by atoms with Crippen LogP contribution < -0.4 is 0 Å². The van der Waals surface area contributed by atoms with Gasteiger partial charge < -0.3 is 15.1 Å². The molecule has 2 N–H and O–H groups in total. The van der Waals surface area contributed by atoms with Gasteiger partial charge in [0.2, 0.25) is 0 Å². The van der Waals surface area contributed by atoms with Gasteiger partial charge in [-0.25, -0.2) is 9.78 Å². The average molecular weight is 344 g/mol. The largest absolute Gasteiger partial charge is 0.465 e. The molecule has 1 saturated heterocycles. The number of rotatable bonds is 3. The minimum Gasteiger partial charge on any atom is -0.465 e. The number of pyridine rings is 1. The topological polar surface area (TPSA) is 76.9 Å². The quantitative estimate of drug-likeness (QED) is 0.814. The van der Waals surface area contributed by atoms with Crippen LogP contribution in [-0.4, -0.2) is 63.4 Å². The van der Waals surface area contributed by atoms with E-state index in [0.29, 0.717) is 19.6 Å². The zero-order chi connectivity index (χ0) is 14.7. The van der Waals surface area contributed by atoms with Crippen molar-refractivity contribution >= 4 is 22.0 Å². The van der Waals surface area contributed by atoms with Gasteiger partial charge in [-0.1, -0.05) is 6.07 Å². The molecule has 0 spiro atoms. The van der Waals surface area contributed by atoms with Gasteiger partial charge in [-0.3, -0.25) is 4.90 Å². The monoisotopic (exact) mass is 343 g/mol. The Kier molecular flexibility index (Phi) is 4.95. The van der Waals surface area contributed by atoms with E-state index in [1.54, 1.807) is 6.20 Å². The summed E-state index contributed by atoms with van der Waals surface area (Å²) in [6.07, 6.45) is 0.849. The smallest absolute Gasteiger partial charge is 0.407 e. The summed E-state index contributed by atoms with van der Waals surface area (Å²) in [5.41, 5.74) is 0.937. The average Bonchev–Trinajstić information content (AvgIpc) is 2.41. The Bertz CT molecular complexity index is 468. The van der Waals surface area contributed by atoms with E-state index >= 15 is 0 Å². The lowest BCUT2D eigenvalue weighted by Crippen LogP contribution is -2.54. The highest BCUT2D eigenvalue weighted by molar-refractivity contribution is 9.10. The van der Waals surface area contributed by atoms with Crippen LogP contribution in [-0.2, 0) is 0 Å². The summed E-state index contributed by atoms with van der Waals surface area (Å²) in [5, 5.41) is 18.7. The first-order valence-electron chi connectivity index (χ1n) is 6.49. The summed E-state index contributed by atoms with van der Waals surface area (Å²) in [6.45, 7) is 3.54. The highest BCUT2D eigenvalue weighted by atomic mass is 79.9. The first-order valence-corrected chi connectivity index (χ1v) is 7.28. The second-order valence-corrected chi connectivity index (χ2v) is 5.75. The molecule has 1 aliphatic heterocycles. The maximum absolute atomic E-state index is 11.1. The fraction of sp³-hybridized carbons (Fsp3) is 0.538. The molecule has 2 rings (SSSR count). The Morgan fingerprint density at radius 3 is 2.80 bits per heavy atom. The van der Waals surface area contributed by atoms with Crippen molar-refractivity contribution < 1.29 is 15.0 Å². The molecule has 1 aliphatic rings. The molecular formula is C13H18BrN3O3. The zero-order valence-corrected chi connectivity index (χ0v) is 12.8. The zero-order valence-electron chi connectivity index (χ0n) is 11.2. The van der Waals surface area contributed by atoms with E-state index in [-0.39, 0.29) is 18.7 Å². The van der Waals surface area contributed by atoms with Crippen LogP contribution in [0.4, 0.5) is 4.79 Å². The minimum atomic E-state index is -0.886. The van der Waals surface area contributed by atoms with Crippen molar-refractivity contribution in [2.45, 2.75) is 19.0 Å². The van der Waals surface area contributed by atoms with Crippen LogP contribution in [0.1, 0.15) is 18.5 Å². The Hall–Kier alpha value is -1.18. The van der Waals surface area contributed by atoms with Crippen LogP contribution >= 0.6 is 15.9 Å². The second-order valence-electron chi connectivity index (χ2n) is 4.93. The summed E-state index contributed by atoms with van der Waals surface area (Å²) in [7, 11) is 0. The van der Waals surface area contributed by atoms with E-state index < -0.39 is 6.09 Å². The third kappa shape index (κ3) is 3.28. The van der Waals surface area contributed by atoms with Crippen LogP contribution in [0.5, 0.6) is 0 Å². The van der Waals surface area contributed by atoms with Gasteiger partial charge in [-0.05, 0) is 34.5 Å². The predicted octanol–water partition coefficient (Wildman–Crippen LogP) is 1.56. The molecule has 7 heteroatoms. The molecule has 1 fully saturated rings. The molecule has 0 aromatic carbocycles. The van der Waals surface area contributed by atoms with Gasteiger partial charge in [0.25, 0.3) is 0 Å². The van der Waals surface area contributed by atoms with Gasteiger partial charge in [0, 0.05) is 31.9 Å². The van der Waals surface area contributed by atoms with E-state index in [2.05, 4.69) is 25.8 Å². The van der Waals surface area contributed by atoms with Crippen molar-refractivity contribution in [2.75, 3.05) is 26.2 Å². The fourth-order valence-corrected chi connectivity index (χ4v) is 2.80. The number of aliphatic hydroxyl groups is 1. The highest BCUT2D eigenvalue weighted by Gasteiger charge is 2.31. The predicted molar refractivity (Wildman–Crippen MR) is 77.5 cm³/mol. The molecule has 0 bridgehead atoms. The molecule has 20 heavy (non-hydrogen) atoms. The lowest BCUT2D eigenvalue weighted by Gasteiger charge is -2.41. The number of hydrogen-bond acceptors (Lipinski definition) is 4. The first kappa shape index (κ1) is 15.2. The molecule has 6 nitrogen and oxygen atoms in total. The van der Waals surface area contributed by atoms with Gasteiger partial charge in [-0.15, -0.1) is 0 Å². The summed E-state index contributed by atoms with van der Waals surface area (Å²) in [4.78, 5) is 18.8. The number of nitrogens with zero attached hydrogens (tertiary/aromatic N) is 3. The van der Waals surface area contributed by atoms with Gasteiger partial charge in [0.05, 0.1) is 12.6 Å². The van der Waals surface area contributed by atoms with Crippen molar-refractivity contribution in [1.29, 1.82) is 0 Å². The Labute approximate surface area is 126 Å². The molecule has 2 heterocycles. The molecule has 0 saturated carbocycles. The van der Waals surface area contributed by atoms with Crippen LogP contribution in [0.15, 0.2) is 22.9 Å². The number of piperazine rings is 1. The summed E-state index contributed by atoms with van der Waals surface area (Å²) >= 11 is 3.29. The number of aromatic nitrogens is 1. The normalized spacial score (nSPS) is 21.8. The van der Waals surface area contributed by atoms with Crippen molar-refractivity contribution in [2.24, 2.45) is 0 Å². The number of carbonyl (C=O) groups is 1. The molecule has 0 radical (unpaired) electrons. The van der Waals surface area contributed by atoms with Crippen molar-refractivity contribution in [3.63, 3.8) is 0 Å². The number of aliphatic hydroxyl groups excluding tert-OH is 1. The fourth-order valence-electron chi connectivity index (χ4n) is 2.57. The van der Waals surface area contributed by atoms with Crippen LogP contribution in [0, 0.1) is 0 Å². The SMILES string of the molecule is C[C@@H]1CN([C@H](CO)c2ccc(Br)nc2)CCN1C(=O)O. The van der Waals surface area contributed by atoms with E-state index in [1.807, 2.05) is 19.1 Å². The van der Waals surface area contributed by atoms with Crippen molar-refractivity contribution in [3.05, 3.63) is 28.5 Å². The lowest BCUT2D eigenvalue weighted by molar-refractivity contribution is 0.0363. The Morgan fingerprint density at radius 2 is 2.30 bits per heavy atom. The highest BCUT2D eigenvalue weighted by Crippen LogP contribution is 2.24. The third-order valence-electron chi connectivity index (χ3n) is 3.65. The Balaban J connectivity index is 2.10. The van der Waals surface area contributed by atoms with Gasteiger partial charge in [0.15, 0.2) is 0 Å².